The number of carbonyl (C=O) groups is 1. The van der Waals surface area contributed by atoms with Crippen molar-refractivity contribution in [2.45, 2.75) is 6.92 Å². The summed E-state index contributed by atoms with van der Waals surface area (Å²) in [7, 11) is 0. The van der Waals surface area contributed by atoms with Gasteiger partial charge in [-0.1, -0.05) is 12.1 Å². The Kier molecular flexibility index (Phi) is 3.65. The summed E-state index contributed by atoms with van der Waals surface area (Å²) in [6, 6.07) is 7.97. The monoisotopic (exact) mass is 273 g/mol. The van der Waals surface area contributed by atoms with Gasteiger partial charge in [0.15, 0.2) is 0 Å². The van der Waals surface area contributed by atoms with Crippen molar-refractivity contribution in [2.24, 2.45) is 0 Å². The van der Waals surface area contributed by atoms with Crippen LogP contribution in [0.15, 0.2) is 40.8 Å². The highest BCUT2D eigenvalue weighted by molar-refractivity contribution is 5.84. The zero-order valence-electron chi connectivity index (χ0n) is 10.6. The molecule has 1 aromatic heterocycles. The summed E-state index contributed by atoms with van der Waals surface area (Å²) < 4.78 is 5.46. The Morgan fingerprint density at radius 1 is 1.35 bits per heavy atom. The normalized spacial score (nSPS) is 10.8. The van der Waals surface area contributed by atoms with E-state index in [4.69, 9.17) is 9.52 Å². The van der Waals surface area contributed by atoms with Crippen LogP contribution in [0.25, 0.3) is 17.4 Å². The molecule has 6 nitrogen and oxygen atoms in total. The van der Waals surface area contributed by atoms with E-state index in [9.17, 15) is 14.9 Å². The molecule has 0 saturated carbocycles. The fourth-order valence-electron chi connectivity index (χ4n) is 1.83. The van der Waals surface area contributed by atoms with Gasteiger partial charge in [-0.3, -0.25) is 10.1 Å². The lowest BCUT2D eigenvalue weighted by Gasteiger charge is -2.02. The highest BCUT2D eigenvalue weighted by Crippen LogP contribution is 2.31. The minimum Gasteiger partial charge on any atom is -0.478 e. The first kappa shape index (κ1) is 13.5. The van der Waals surface area contributed by atoms with E-state index in [2.05, 4.69) is 0 Å². The molecule has 0 amide bonds. The van der Waals surface area contributed by atoms with Crippen molar-refractivity contribution in [3.63, 3.8) is 0 Å². The molecule has 0 unspecified atom stereocenters. The summed E-state index contributed by atoms with van der Waals surface area (Å²) in [6.45, 7) is 1.64. The standard InChI is InChI=1S/C14H11NO5/c1-9-11(3-2-4-12(9)15(18)19)13-7-5-10(20-13)6-8-14(16)17/h2-8H,1H3,(H,16,17)/b8-6+. The molecule has 0 aliphatic rings. The average molecular weight is 273 g/mol. The van der Waals surface area contributed by atoms with Crippen molar-refractivity contribution in [3.05, 3.63) is 57.8 Å². The van der Waals surface area contributed by atoms with Gasteiger partial charge >= 0.3 is 5.97 Å². The first-order valence-electron chi connectivity index (χ1n) is 5.74. The second kappa shape index (κ2) is 5.40. The lowest BCUT2D eigenvalue weighted by molar-refractivity contribution is -0.385. The number of nitrogens with zero attached hydrogens (tertiary/aromatic N) is 1. The second-order valence-electron chi connectivity index (χ2n) is 4.08. The molecule has 0 spiro atoms. The van der Waals surface area contributed by atoms with Gasteiger partial charge in [0.2, 0.25) is 0 Å². The first-order chi connectivity index (χ1) is 9.49. The van der Waals surface area contributed by atoms with Gasteiger partial charge in [-0.2, -0.15) is 0 Å². The van der Waals surface area contributed by atoms with Crippen LogP contribution < -0.4 is 0 Å². The zero-order chi connectivity index (χ0) is 14.7. The van der Waals surface area contributed by atoms with Crippen molar-refractivity contribution in [2.75, 3.05) is 0 Å². The molecule has 2 rings (SSSR count). The van der Waals surface area contributed by atoms with Gasteiger partial charge in [0.1, 0.15) is 11.5 Å². The van der Waals surface area contributed by atoms with Crippen LogP contribution in [0.2, 0.25) is 0 Å². The molecule has 0 saturated heterocycles. The molecule has 1 N–H and O–H groups in total. The third kappa shape index (κ3) is 2.74. The van der Waals surface area contributed by atoms with E-state index in [1.165, 1.54) is 12.1 Å². The van der Waals surface area contributed by atoms with E-state index < -0.39 is 10.9 Å². The van der Waals surface area contributed by atoms with Crippen LogP contribution in [0.3, 0.4) is 0 Å². The van der Waals surface area contributed by atoms with Gasteiger partial charge in [-0.05, 0) is 25.1 Å². The van der Waals surface area contributed by atoms with E-state index in [0.29, 0.717) is 22.6 Å². The molecule has 1 heterocycles. The van der Waals surface area contributed by atoms with Crippen molar-refractivity contribution in [1.29, 1.82) is 0 Å². The number of furan rings is 1. The van der Waals surface area contributed by atoms with Gasteiger partial charge in [-0.15, -0.1) is 0 Å². The zero-order valence-corrected chi connectivity index (χ0v) is 10.6. The lowest BCUT2D eigenvalue weighted by atomic mass is 10.1. The van der Waals surface area contributed by atoms with Gasteiger partial charge in [-0.25, -0.2) is 4.79 Å². The number of carboxylic acids is 1. The minimum atomic E-state index is -1.07. The maximum absolute atomic E-state index is 10.9. The molecule has 0 atom stereocenters. The van der Waals surface area contributed by atoms with Gasteiger partial charge in [0.05, 0.1) is 4.92 Å². The van der Waals surface area contributed by atoms with Crippen LogP contribution in [0.5, 0.6) is 0 Å². The number of nitro groups is 1. The van der Waals surface area contributed by atoms with Gasteiger partial charge in [0, 0.05) is 23.3 Å². The largest absolute Gasteiger partial charge is 0.478 e. The highest BCUT2D eigenvalue weighted by atomic mass is 16.6. The van der Waals surface area contributed by atoms with Crippen LogP contribution in [-0.2, 0) is 4.79 Å². The molecule has 0 bridgehead atoms. The van der Waals surface area contributed by atoms with Crippen LogP contribution >= 0.6 is 0 Å². The molecule has 0 aliphatic carbocycles. The second-order valence-corrected chi connectivity index (χ2v) is 4.08. The molecule has 20 heavy (non-hydrogen) atoms. The number of carboxylic acid groups (broad SMARTS) is 1. The molecule has 2 aromatic rings. The summed E-state index contributed by atoms with van der Waals surface area (Å²) in [5.74, 6) is -0.251. The van der Waals surface area contributed by atoms with Crippen molar-refractivity contribution in [1.82, 2.24) is 0 Å². The molecule has 102 valence electrons. The number of hydrogen-bond donors (Lipinski definition) is 1. The van der Waals surface area contributed by atoms with Gasteiger partial charge in [0.25, 0.3) is 5.69 Å². The number of benzene rings is 1. The maximum Gasteiger partial charge on any atom is 0.328 e. The van der Waals surface area contributed by atoms with Gasteiger partial charge < -0.3 is 9.52 Å². The van der Waals surface area contributed by atoms with Crippen molar-refractivity contribution in [3.8, 4) is 11.3 Å². The Balaban J connectivity index is 2.40. The Hall–Kier alpha value is -2.89. The molecule has 0 radical (unpaired) electrons. The third-order valence-corrected chi connectivity index (χ3v) is 2.78. The highest BCUT2D eigenvalue weighted by Gasteiger charge is 2.16. The van der Waals surface area contributed by atoms with E-state index in [0.717, 1.165) is 6.08 Å². The van der Waals surface area contributed by atoms with E-state index in [1.807, 2.05) is 0 Å². The summed E-state index contributed by atoms with van der Waals surface area (Å²) in [5.41, 5.74) is 1.12. The summed E-state index contributed by atoms with van der Waals surface area (Å²) >= 11 is 0. The fourth-order valence-corrected chi connectivity index (χ4v) is 1.83. The number of aliphatic carboxylic acids is 1. The quantitative estimate of drug-likeness (QED) is 0.524. The predicted octanol–water partition coefficient (Wildman–Crippen LogP) is 3.26. The average Bonchev–Trinajstić information content (AvgIpc) is 2.85. The Morgan fingerprint density at radius 3 is 2.75 bits per heavy atom. The van der Waals surface area contributed by atoms with Crippen LogP contribution in [0, 0.1) is 17.0 Å². The Morgan fingerprint density at radius 2 is 2.10 bits per heavy atom. The van der Waals surface area contributed by atoms with E-state index >= 15 is 0 Å². The number of hydrogen-bond acceptors (Lipinski definition) is 4. The lowest BCUT2D eigenvalue weighted by Crippen LogP contribution is -1.93. The summed E-state index contributed by atoms with van der Waals surface area (Å²) in [6.07, 6.45) is 2.28. The smallest absolute Gasteiger partial charge is 0.328 e. The van der Waals surface area contributed by atoms with E-state index in [-0.39, 0.29) is 5.69 Å². The fraction of sp³-hybridized carbons (Fsp3) is 0.0714. The molecule has 6 heteroatoms. The first-order valence-corrected chi connectivity index (χ1v) is 5.74. The minimum absolute atomic E-state index is 0.0153. The Bertz CT molecular complexity index is 699. The summed E-state index contributed by atoms with van der Waals surface area (Å²) in [4.78, 5) is 20.9. The molecule has 0 fully saturated rings. The SMILES string of the molecule is Cc1c(-c2ccc(/C=C/C(=O)O)o2)cccc1[N+](=O)[O-]. The molecular weight excluding hydrogens is 262 g/mol. The molecule has 1 aromatic carbocycles. The number of rotatable bonds is 4. The molecular formula is C14H11NO5. The molecule has 0 aliphatic heterocycles. The maximum atomic E-state index is 10.9. The third-order valence-electron chi connectivity index (χ3n) is 2.78. The van der Waals surface area contributed by atoms with Crippen LogP contribution in [0.1, 0.15) is 11.3 Å². The van der Waals surface area contributed by atoms with Crippen molar-refractivity contribution < 1.29 is 19.2 Å². The van der Waals surface area contributed by atoms with E-state index in [1.54, 1.807) is 31.2 Å². The summed E-state index contributed by atoms with van der Waals surface area (Å²) in [5, 5.41) is 19.4. The van der Waals surface area contributed by atoms with Crippen LogP contribution in [0.4, 0.5) is 5.69 Å². The number of nitro benzene ring substituents is 1. The van der Waals surface area contributed by atoms with Crippen LogP contribution in [-0.4, -0.2) is 16.0 Å². The Labute approximate surface area is 114 Å². The predicted molar refractivity (Wildman–Crippen MR) is 72.2 cm³/mol. The topological polar surface area (TPSA) is 93.6 Å². The van der Waals surface area contributed by atoms with Crippen molar-refractivity contribution >= 4 is 17.7 Å².